The van der Waals surface area contributed by atoms with Gasteiger partial charge < -0.3 is 29.8 Å². The minimum absolute atomic E-state index is 0.104. The number of hydrogen-bond donors (Lipinski definition) is 3. The van der Waals surface area contributed by atoms with Crippen molar-refractivity contribution in [2.24, 2.45) is 0 Å². The fourth-order valence-corrected chi connectivity index (χ4v) is 3.96. The summed E-state index contributed by atoms with van der Waals surface area (Å²) in [6, 6.07) is 15.5. The van der Waals surface area contributed by atoms with Gasteiger partial charge in [0, 0.05) is 60.7 Å². The van der Waals surface area contributed by atoms with Crippen LogP contribution in [-0.2, 0) is 4.74 Å². The summed E-state index contributed by atoms with van der Waals surface area (Å²) in [5.74, 6) is 0.384. The molecule has 1 fully saturated rings. The highest BCUT2D eigenvalue weighted by molar-refractivity contribution is 5.95. The molecule has 2 aromatic heterocycles. The molecule has 0 atom stereocenters. The minimum Gasteiger partial charge on any atom is -0.395 e. The van der Waals surface area contributed by atoms with Crippen molar-refractivity contribution in [1.82, 2.24) is 19.7 Å². The Morgan fingerprint density at radius 3 is 2.74 bits per heavy atom. The van der Waals surface area contributed by atoms with Gasteiger partial charge in [-0.2, -0.15) is 0 Å². The van der Waals surface area contributed by atoms with Crippen LogP contribution >= 0.6 is 0 Å². The first-order chi connectivity index (χ1) is 16.7. The van der Waals surface area contributed by atoms with Gasteiger partial charge in [-0.25, -0.2) is 9.97 Å². The van der Waals surface area contributed by atoms with Crippen molar-refractivity contribution in [3.05, 3.63) is 72.7 Å². The van der Waals surface area contributed by atoms with Crippen LogP contribution in [0.4, 0.5) is 17.2 Å². The third-order valence-electron chi connectivity index (χ3n) is 5.70. The Balaban J connectivity index is 1.42. The number of aliphatic hydroxyl groups is 1. The molecular formula is C25H26N6O3. The molecule has 0 radical (unpaired) electrons. The van der Waals surface area contributed by atoms with Gasteiger partial charge in [-0.15, -0.1) is 0 Å². The Morgan fingerprint density at radius 2 is 1.94 bits per heavy atom. The average Bonchev–Trinajstić information content (AvgIpc) is 3.37. The molecule has 3 heterocycles. The minimum atomic E-state index is -0.238. The maximum atomic E-state index is 12.3. The number of aromatic nitrogens is 3. The topological polar surface area (TPSA) is 104 Å². The summed E-state index contributed by atoms with van der Waals surface area (Å²) >= 11 is 0. The van der Waals surface area contributed by atoms with E-state index in [2.05, 4.69) is 32.7 Å². The molecular weight excluding hydrogens is 432 g/mol. The highest BCUT2D eigenvalue weighted by Crippen LogP contribution is 2.26. The number of morpholine rings is 1. The highest BCUT2D eigenvalue weighted by Gasteiger charge is 2.13. The van der Waals surface area contributed by atoms with Crippen molar-refractivity contribution in [3.8, 4) is 11.3 Å². The molecule has 0 unspecified atom stereocenters. The number of rotatable bonds is 7. The smallest absolute Gasteiger partial charge is 0.251 e. The Kier molecular flexibility index (Phi) is 6.37. The van der Waals surface area contributed by atoms with Crippen molar-refractivity contribution in [1.29, 1.82) is 0 Å². The molecule has 1 aliphatic rings. The van der Waals surface area contributed by atoms with Crippen molar-refractivity contribution < 1.29 is 14.6 Å². The van der Waals surface area contributed by atoms with Gasteiger partial charge in [0.25, 0.3) is 5.91 Å². The molecule has 174 valence electrons. The van der Waals surface area contributed by atoms with Crippen LogP contribution in [0.2, 0.25) is 0 Å². The summed E-state index contributed by atoms with van der Waals surface area (Å²) in [5.41, 5.74) is 4.79. The van der Waals surface area contributed by atoms with Gasteiger partial charge in [-0.05, 0) is 36.4 Å². The number of amides is 1. The van der Waals surface area contributed by atoms with E-state index in [0.717, 1.165) is 43.2 Å². The SMILES string of the molecule is O=C(NCCO)c1cccc(-c2cn3ccnc3c(Nc3ccc(N4CCOCC4)cc3)n2)c1. The fraction of sp³-hybridized carbons (Fsp3) is 0.240. The molecule has 1 aliphatic heterocycles. The number of benzene rings is 2. The maximum absolute atomic E-state index is 12.3. The lowest BCUT2D eigenvalue weighted by Gasteiger charge is -2.28. The van der Waals surface area contributed by atoms with Gasteiger partial charge in [-0.1, -0.05) is 12.1 Å². The Bertz CT molecular complexity index is 1280. The van der Waals surface area contributed by atoms with E-state index in [1.54, 1.807) is 18.3 Å². The van der Waals surface area contributed by atoms with E-state index in [0.29, 0.717) is 22.7 Å². The summed E-state index contributed by atoms with van der Waals surface area (Å²) in [5, 5.41) is 15.0. The molecule has 3 N–H and O–H groups in total. The van der Waals surface area contributed by atoms with Gasteiger partial charge in [0.15, 0.2) is 11.5 Å². The number of aliphatic hydroxyl groups excluding tert-OH is 1. The molecule has 0 saturated carbocycles. The van der Waals surface area contributed by atoms with E-state index in [1.807, 2.05) is 41.1 Å². The fourth-order valence-electron chi connectivity index (χ4n) is 3.96. The van der Waals surface area contributed by atoms with Crippen LogP contribution in [-0.4, -0.2) is 64.8 Å². The molecule has 9 nitrogen and oxygen atoms in total. The van der Waals surface area contributed by atoms with E-state index in [9.17, 15) is 4.79 Å². The summed E-state index contributed by atoms with van der Waals surface area (Å²) in [4.78, 5) is 23.9. The average molecular weight is 459 g/mol. The predicted molar refractivity (Wildman–Crippen MR) is 131 cm³/mol. The largest absolute Gasteiger partial charge is 0.395 e. The standard InChI is InChI=1S/C25H26N6O3/c32-13-9-27-25(33)19-3-1-2-18(16-19)22-17-31-10-8-26-24(31)23(29-22)28-20-4-6-21(7-5-20)30-11-14-34-15-12-30/h1-8,10,16-17,32H,9,11-15H2,(H,27,33)(H,28,29). The molecule has 1 saturated heterocycles. The number of carbonyl (C=O) groups excluding carboxylic acids is 1. The number of nitrogens with zero attached hydrogens (tertiary/aromatic N) is 4. The van der Waals surface area contributed by atoms with Crippen LogP contribution in [0.3, 0.4) is 0 Å². The molecule has 1 amide bonds. The zero-order valence-corrected chi connectivity index (χ0v) is 18.6. The number of imidazole rings is 1. The van der Waals surface area contributed by atoms with E-state index in [4.69, 9.17) is 14.8 Å². The lowest BCUT2D eigenvalue weighted by atomic mass is 10.1. The first-order valence-electron chi connectivity index (χ1n) is 11.2. The van der Waals surface area contributed by atoms with Crippen molar-refractivity contribution in [2.45, 2.75) is 0 Å². The van der Waals surface area contributed by atoms with Crippen LogP contribution in [0.15, 0.2) is 67.1 Å². The Morgan fingerprint density at radius 1 is 1.12 bits per heavy atom. The van der Waals surface area contributed by atoms with Crippen LogP contribution in [0, 0.1) is 0 Å². The lowest BCUT2D eigenvalue weighted by Crippen LogP contribution is -2.36. The second kappa shape index (κ2) is 9.90. The second-order valence-corrected chi connectivity index (χ2v) is 7.96. The Hall–Kier alpha value is -3.95. The zero-order valence-electron chi connectivity index (χ0n) is 18.6. The molecule has 34 heavy (non-hydrogen) atoms. The third kappa shape index (κ3) is 4.70. The summed E-state index contributed by atoms with van der Waals surface area (Å²) < 4.78 is 7.35. The molecule has 9 heteroatoms. The van der Waals surface area contributed by atoms with Crippen molar-refractivity contribution >= 4 is 28.7 Å². The van der Waals surface area contributed by atoms with Gasteiger partial charge in [0.1, 0.15) is 0 Å². The summed E-state index contributed by atoms with van der Waals surface area (Å²) in [7, 11) is 0. The second-order valence-electron chi connectivity index (χ2n) is 7.96. The van der Waals surface area contributed by atoms with Gasteiger partial charge in [0.2, 0.25) is 0 Å². The number of hydrogen-bond acceptors (Lipinski definition) is 7. The number of fused-ring (bicyclic) bond motifs is 1. The van der Waals surface area contributed by atoms with E-state index in [1.165, 1.54) is 0 Å². The Labute approximate surface area is 197 Å². The van der Waals surface area contributed by atoms with Gasteiger partial charge in [0.05, 0.1) is 25.5 Å². The molecule has 5 rings (SSSR count). The zero-order chi connectivity index (χ0) is 23.3. The normalized spacial score (nSPS) is 13.7. The van der Waals surface area contributed by atoms with Crippen LogP contribution in [0.1, 0.15) is 10.4 Å². The maximum Gasteiger partial charge on any atom is 0.251 e. The molecule has 0 spiro atoms. The summed E-state index contributed by atoms with van der Waals surface area (Å²) in [6.45, 7) is 3.38. The first-order valence-corrected chi connectivity index (χ1v) is 11.2. The predicted octanol–water partition coefficient (Wildman–Crippen LogP) is 2.70. The van der Waals surface area contributed by atoms with Crippen LogP contribution in [0.25, 0.3) is 16.9 Å². The molecule has 0 bridgehead atoms. The molecule has 0 aliphatic carbocycles. The van der Waals surface area contributed by atoms with Gasteiger partial charge >= 0.3 is 0 Å². The monoisotopic (exact) mass is 458 g/mol. The first kappa shape index (κ1) is 21.9. The quantitative estimate of drug-likeness (QED) is 0.391. The summed E-state index contributed by atoms with van der Waals surface area (Å²) in [6.07, 6.45) is 5.48. The number of carbonyl (C=O) groups is 1. The number of ether oxygens (including phenoxy) is 1. The molecule has 4 aromatic rings. The lowest BCUT2D eigenvalue weighted by molar-refractivity contribution is 0.0945. The van der Waals surface area contributed by atoms with E-state index >= 15 is 0 Å². The van der Waals surface area contributed by atoms with Crippen LogP contribution in [0.5, 0.6) is 0 Å². The van der Waals surface area contributed by atoms with Gasteiger partial charge in [-0.3, -0.25) is 4.79 Å². The van der Waals surface area contributed by atoms with Crippen molar-refractivity contribution in [2.75, 3.05) is 49.7 Å². The number of nitrogens with one attached hydrogen (secondary N) is 2. The number of anilines is 3. The third-order valence-corrected chi connectivity index (χ3v) is 5.70. The highest BCUT2D eigenvalue weighted by atomic mass is 16.5. The molecule has 2 aromatic carbocycles. The van der Waals surface area contributed by atoms with Crippen LogP contribution < -0.4 is 15.5 Å². The van der Waals surface area contributed by atoms with E-state index in [-0.39, 0.29) is 19.1 Å². The van der Waals surface area contributed by atoms with E-state index < -0.39 is 0 Å². The van der Waals surface area contributed by atoms with Crippen molar-refractivity contribution in [3.63, 3.8) is 0 Å².